The molecule has 2 rings (SSSR count). The number of benzene rings is 2. The molecule has 0 saturated carbocycles. The highest BCUT2D eigenvalue weighted by Crippen LogP contribution is 2.29. The van der Waals surface area contributed by atoms with E-state index in [2.05, 4.69) is 73.2 Å². The summed E-state index contributed by atoms with van der Waals surface area (Å²) in [7, 11) is 0. The normalized spacial score (nSPS) is 11.0. The van der Waals surface area contributed by atoms with E-state index in [1.54, 1.807) is 0 Å². The fraction of sp³-hybridized carbons (Fsp3) is 0.333. The molecule has 0 heterocycles. The van der Waals surface area contributed by atoms with Gasteiger partial charge in [-0.25, -0.2) is 0 Å². The highest BCUT2D eigenvalue weighted by molar-refractivity contribution is 9.10. The van der Waals surface area contributed by atoms with Gasteiger partial charge >= 0.3 is 0 Å². The summed E-state index contributed by atoms with van der Waals surface area (Å²) in [5.41, 5.74) is 3.58. The first kappa shape index (κ1) is 16.1. The van der Waals surface area contributed by atoms with E-state index < -0.39 is 0 Å². The van der Waals surface area contributed by atoms with Crippen LogP contribution in [0.3, 0.4) is 0 Å². The van der Waals surface area contributed by atoms with Crippen LogP contribution >= 0.6 is 15.9 Å². The molecule has 0 amide bonds. The van der Waals surface area contributed by atoms with Crippen molar-refractivity contribution in [3.63, 3.8) is 0 Å². The lowest BCUT2D eigenvalue weighted by atomic mass is 10.1. The molecule has 21 heavy (non-hydrogen) atoms. The smallest absolute Gasteiger partial charge is 0.130 e. The van der Waals surface area contributed by atoms with Gasteiger partial charge < -0.3 is 10.1 Å². The quantitative estimate of drug-likeness (QED) is 0.786. The second-order valence-corrected chi connectivity index (χ2v) is 6.51. The number of nitrogens with one attached hydrogen (secondary N) is 1. The van der Waals surface area contributed by atoms with Crippen LogP contribution in [-0.2, 0) is 6.54 Å². The van der Waals surface area contributed by atoms with Gasteiger partial charge in [0.2, 0.25) is 0 Å². The molecule has 112 valence electrons. The topological polar surface area (TPSA) is 21.3 Å². The molecule has 2 aromatic rings. The van der Waals surface area contributed by atoms with Crippen LogP contribution in [0.2, 0.25) is 0 Å². The lowest BCUT2D eigenvalue weighted by Crippen LogP contribution is -2.21. The van der Waals surface area contributed by atoms with Gasteiger partial charge in [-0.15, -0.1) is 0 Å². The molecule has 0 aliphatic rings. The van der Waals surface area contributed by atoms with Gasteiger partial charge in [-0.2, -0.15) is 0 Å². The van der Waals surface area contributed by atoms with E-state index in [1.165, 1.54) is 11.1 Å². The third-order valence-electron chi connectivity index (χ3n) is 3.30. The zero-order chi connectivity index (χ0) is 15.4. The Hall–Kier alpha value is -1.32. The van der Waals surface area contributed by atoms with E-state index in [0.29, 0.717) is 6.04 Å². The predicted molar refractivity (Wildman–Crippen MR) is 92.1 cm³/mol. The first-order valence-electron chi connectivity index (χ1n) is 7.22. The SMILES string of the molecule is Cc1ccc(C)c(Oc2ccc(CNC(C)C)c(Br)c2)c1. The van der Waals surface area contributed by atoms with Gasteiger partial charge in [0.25, 0.3) is 0 Å². The molecule has 2 aromatic carbocycles. The van der Waals surface area contributed by atoms with Gasteiger partial charge in [-0.3, -0.25) is 0 Å². The zero-order valence-electron chi connectivity index (χ0n) is 13.0. The maximum atomic E-state index is 6.00. The van der Waals surface area contributed by atoms with Crippen molar-refractivity contribution in [3.8, 4) is 11.5 Å². The number of hydrogen-bond acceptors (Lipinski definition) is 2. The molecule has 0 bridgehead atoms. The van der Waals surface area contributed by atoms with Crippen molar-refractivity contribution >= 4 is 15.9 Å². The van der Waals surface area contributed by atoms with Crippen molar-refractivity contribution in [2.75, 3.05) is 0 Å². The summed E-state index contributed by atoms with van der Waals surface area (Å²) < 4.78 is 7.07. The Morgan fingerprint density at radius 1 is 1.10 bits per heavy atom. The summed E-state index contributed by atoms with van der Waals surface area (Å²) in [6, 6.07) is 12.9. The van der Waals surface area contributed by atoms with E-state index >= 15 is 0 Å². The molecular formula is C18H22BrNO. The zero-order valence-corrected chi connectivity index (χ0v) is 14.6. The Balaban J connectivity index is 2.14. The van der Waals surface area contributed by atoms with Gasteiger partial charge in [0.05, 0.1) is 0 Å². The van der Waals surface area contributed by atoms with Crippen LogP contribution in [0, 0.1) is 13.8 Å². The van der Waals surface area contributed by atoms with E-state index in [9.17, 15) is 0 Å². The van der Waals surface area contributed by atoms with Gasteiger partial charge in [-0.1, -0.05) is 48.0 Å². The van der Waals surface area contributed by atoms with E-state index in [1.807, 2.05) is 12.1 Å². The Morgan fingerprint density at radius 2 is 1.86 bits per heavy atom. The summed E-state index contributed by atoms with van der Waals surface area (Å²) in [4.78, 5) is 0. The molecule has 3 heteroatoms. The maximum absolute atomic E-state index is 6.00. The lowest BCUT2D eigenvalue weighted by molar-refractivity contribution is 0.477. The number of ether oxygens (including phenoxy) is 1. The monoisotopic (exact) mass is 347 g/mol. The lowest BCUT2D eigenvalue weighted by Gasteiger charge is -2.13. The van der Waals surface area contributed by atoms with Crippen LogP contribution in [0.4, 0.5) is 0 Å². The van der Waals surface area contributed by atoms with Crippen LogP contribution in [0.5, 0.6) is 11.5 Å². The largest absolute Gasteiger partial charge is 0.457 e. The second kappa shape index (κ2) is 7.10. The average Bonchev–Trinajstić information content (AvgIpc) is 2.42. The Labute approximate surface area is 135 Å². The molecule has 0 radical (unpaired) electrons. The molecule has 0 aliphatic carbocycles. The Morgan fingerprint density at radius 3 is 2.52 bits per heavy atom. The molecule has 0 unspecified atom stereocenters. The minimum atomic E-state index is 0.475. The van der Waals surface area contributed by atoms with E-state index in [0.717, 1.165) is 28.1 Å². The van der Waals surface area contributed by atoms with Crippen molar-refractivity contribution in [1.82, 2.24) is 5.32 Å². The number of rotatable bonds is 5. The van der Waals surface area contributed by atoms with E-state index in [4.69, 9.17) is 4.74 Å². The van der Waals surface area contributed by atoms with Crippen LogP contribution in [0.15, 0.2) is 40.9 Å². The number of halogens is 1. The highest BCUT2D eigenvalue weighted by atomic mass is 79.9. The third kappa shape index (κ3) is 4.58. The minimum absolute atomic E-state index is 0.475. The second-order valence-electron chi connectivity index (χ2n) is 5.66. The standard InChI is InChI=1S/C18H22BrNO/c1-12(2)20-11-15-7-8-16(10-17(15)19)21-18-9-13(3)5-6-14(18)4/h5-10,12,20H,11H2,1-4H3. The summed E-state index contributed by atoms with van der Waals surface area (Å²) in [5.74, 6) is 1.76. The van der Waals surface area contributed by atoms with Crippen molar-refractivity contribution in [1.29, 1.82) is 0 Å². The molecule has 1 N–H and O–H groups in total. The van der Waals surface area contributed by atoms with Crippen molar-refractivity contribution < 1.29 is 4.74 Å². The van der Waals surface area contributed by atoms with Gasteiger partial charge in [0.1, 0.15) is 11.5 Å². The van der Waals surface area contributed by atoms with Crippen LogP contribution < -0.4 is 10.1 Å². The predicted octanol–water partition coefficient (Wildman–Crippen LogP) is 5.36. The van der Waals surface area contributed by atoms with Gasteiger partial charge in [0.15, 0.2) is 0 Å². The highest BCUT2D eigenvalue weighted by Gasteiger charge is 2.06. The first-order valence-corrected chi connectivity index (χ1v) is 8.02. The fourth-order valence-electron chi connectivity index (χ4n) is 1.99. The van der Waals surface area contributed by atoms with Crippen molar-refractivity contribution in [2.24, 2.45) is 0 Å². The van der Waals surface area contributed by atoms with E-state index in [-0.39, 0.29) is 0 Å². The average molecular weight is 348 g/mol. The molecule has 0 atom stereocenters. The summed E-state index contributed by atoms with van der Waals surface area (Å²) >= 11 is 3.62. The van der Waals surface area contributed by atoms with Gasteiger partial charge in [0, 0.05) is 17.1 Å². The molecule has 2 nitrogen and oxygen atoms in total. The Kier molecular flexibility index (Phi) is 5.43. The molecule has 0 fully saturated rings. The summed E-state index contributed by atoms with van der Waals surface area (Å²) in [5, 5.41) is 3.42. The van der Waals surface area contributed by atoms with Crippen molar-refractivity contribution in [3.05, 3.63) is 57.6 Å². The van der Waals surface area contributed by atoms with Gasteiger partial charge in [-0.05, 0) is 48.7 Å². The molecule has 0 aliphatic heterocycles. The minimum Gasteiger partial charge on any atom is -0.457 e. The fourth-order valence-corrected chi connectivity index (χ4v) is 2.49. The molecule has 0 spiro atoms. The summed E-state index contributed by atoms with van der Waals surface area (Å²) in [6.07, 6.45) is 0. The molecule has 0 aromatic heterocycles. The number of hydrogen-bond donors (Lipinski definition) is 1. The molecular weight excluding hydrogens is 326 g/mol. The molecule has 0 saturated heterocycles. The maximum Gasteiger partial charge on any atom is 0.130 e. The Bertz CT molecular complexity index is 623. The van der Waals surface area contributed by atoms with Crippen LogP contribution in [0.1, 0.15) is 30.5 Å². The van der Waals surface area contributed by atoms with Crippen LogP contribution in [-0.4, -0.2) is 6.04 Å². The van der Waals surface area contributed by atoms with Crippen molar-refractivity contribution in [2.45, 2.75) is 40.3 Å². The third-order valence-corrected chi connectivity index (χ3v) is 4.03. The first-order chi connectivity index (χ1) is 9.95. The number of aryl methyl sites for hydroxylation is 2. The van der Waals surface area contributed by atoms with Crippen LogP contribution in [0.25, 0.3) is 0 Å². The summed E-state index contributed by atoms with van der Waals surface area (Å²) in [6.45, 7) is 9.27.